The molecule has 0 aliphatic heterocycles. The molecule has 0 saturated carbocycles. The Morgan fingerprint density at radius 1 is 1.29 bits per heavy atom. The standard InChI is InChI=1S/C15H20N2O3S/c1-4-14-15(12(3)16-20-14)17-21(18,19)10-11(2)13-8-6-5-7-9-13/h5-9,11,17H,4,10H2,1-3H3/t11-/m0/s1. The molecule has 5 nitrogen and oxygen atoms in total. The maximum atomic E-state index is 12.3. The summed E-state index contributed by atoms with van der Waals surface area (Å²) < 4.78 is 32.3. The third-order valence-electron chi connectivity index (χ3n) is 3.35. The molecule has 2 rings (SSSR count). The van der Waals surface area contributed by atoms with Gasteiger partial charge in [0.05, 0.1) is 5.75 Å². The van der Waals surface area contributed by atoms with E-state index in [9.17, 15) is 8.42 Å². The summed E-state index contributed by atoms with van der Waals surface area (Å²) in [5.74, 6) is 0.488. The van der Waals surface area contributed by atoms with E-state index in [0.29, 0.717) is 23.6 Å². The number of anilines is 1. The van der Waals surface area contributed by atoms with Crippen LogP contribution in [-0.4, -0.2) is 19.3 Å². The van der Waals surface area contributed by atoms with Gasteiger partial charge < -0.3 is 4.52 Å². The highest BCUT2D eigenvalue weighted by molar-refractivity contribution is 7.92. The van der Waals surface area contributed by atoms with Gasteiger partial charge in [-0.25, -0.2) is 8.42 Å². The van der Waals surface area contributed by atoms with Crippen molar-refractivity contribution in [1.29, 1.82) is 0 Å². The molecule has 0 aliphatic carbocycles. The Morgan fingerprint density at radius 3 is 2.57 bits per heavy atom. The van der Waals surface area contributed by atoms with Gasteiger partial charge in [0.25, 0.3) is 0 Å². The van der Waals surface area contributed by atoms with E-state index in [4.69, 9.17) is 4.52 Å². The topological polar surface area (TPSA) is 72.2 Å². The first kappa shape index (κ1) is 15.6. The molecular weight excluding hydrogens is 288 g/mol. The molecule has 1 aromatic carbocycles. The van der Waals surface area contributed by atoms with Crippen molar-refractivity contribution in [3.05, 3.63) is 47.3 Å². The molecular formula is C15H20N2O3S. The molecule has 1 aromatic heterocycles. The Balaban J connectivity index is 2.14. The third-order valence-corrected chi connectivity index (χ3v) is 4.80. The third kappa shape index (κ3) is 3.85. The molecule has 1 atom stereocenters. The van der Waals surface area contributed by atoms with Gasteiger partial charge in [-0.05, 0) is 18.4 Å². The van der Waals surface area contributed by atoms with Crippen LogP contribution in [0.25, 0.3) is 0 Å². The summed E-state index contributed by atoms with van der Waals surface area (Å²) >= 11 is 0. The van der Waals surface area contributed by atoms with Gasteiger partial charge >= 0.3 is 0 Å². The van der Waals surface area contributed by atoms with Crippen molar-refractivity contribution < 1.29 is 12.9 Å². The monoisotopic (exact) mass is 308 g/mol. The smallest absolute Gasteiger partial charge is 0.233 e. The maximum Gasteiger partial charge on any atom is 0.233 e. The van der Waals surface area contributed by atoms with E-state index in [0.717, 1.165) is 5.56 Å². The largest absolute Gasteiger partial charge is 0.359 e. The number of aryl methyl sites for hydroxylation is 2. The molecule has 1 N–H and O–H groups in total. The van der Waals surface area contributed by atoms with Gasteiger partial charge in [-0.15, -0.1) is 0 Å². The summed E-state index contributed by atoms with van der Waals surface area (Å²) in [5.41, 5.74) is 2.03. The molecule has 114 valence electrons. The minimum atomic E-state index is -3.46. The Morgan fingerprint density at radius 2 is 1.95 bits per heavy atom. The van der Waals surface area contributed by atoms with Crippen molar-refractivity contribution in [3.8, 4) is 0 Å². The normalized spacial score (nSPS) is 13.1. The van der Waals surface area contributed by atoms with Gasteiger partial charge in [-0.3, -0.25) is 4.72 Å². The summed E-state index contributed by atoms with van der Waals surface area (Å²) in [4.78, 5) is 0. The zero-order valence-electron chi connectivity index (χ0n) is 12.5. The van der Waals surface area contributed by atoms with Gasteiger partial charge in [0, 0.05) is 6.42 Å². The van der Waals surface area contributed by atoms with Crippen LogP contribution in [0.5, 0.6) is 0 Å². The van der Waals surface area contributed by atoms with Crippen LogP contribution in [0.1, 0.15) is 36.8 Å². The van der Waals surface area contributed by atoms with Crippen molar-refractivity contribution in [2.45, 2.75) is 33.1 Å². The first-order valence-corrected chi connectivity index (χ1v) is 8.58. The van der Waals surface area contributed by atoms with Crippen LogP contribution < -0.4 is 4.72 Å². The fraction of sp³-hybridized carbons (Fsp3) is 0.400. The average Bonchev–Trinajstić information content (AvgIpc) is 2.79. The van der Waals surface area contributed by atoms with Crippen LogP contribution in [0.15, 0.2) is 34.9 Å². The lowest BCUT2D eigenvalue weighted by Crippen LogP contribution is -2.21. The number of nitrogens with zero attached hydrogens (tertiary/aromatic N) is 1. The number of nitrogens with one attached hydrogen (secondary N) is 1. The minimum absolute atomic E-state index is 0.0186. The molecule has 6 heteroatoms. The Hall–Kier alpha value is -1.82. The van der Waals surface area contributed by atoms with Gasteiger partial charge in [-0.1, -0.05) is 49.3 Å². The van der Waals surface area contributed by atoms with Crippen LogP contribution >= 0.6 is 0 Å². The highest BCUT2D eigenvalue weighted by Crippen LogP contribution is 2.24. The molecule has 0 aliphatic rings. The lowest BCUT2D eigenvalue weighted by atomic mass is 10.0. The minimum Gasteiger partial charge on any atom is -0.359 e. The van der Waals surface area contributed by atoms with Crippen LogP contribution in [-0.2, 0) is 16.4 Å². The maximum absolute atomic E-state index is 12.3. The predicted molar refractivity (Wildman–Crippen MR) is 82.9 cm³/mol. The number of hydrogen-bond acceptors (Lipinski definition) is 4. The summed E-state index contributed by atoms with van der Waals surface area (Å²) in [6, 6.07) is 9.60. The highest BCUT2D eigenvalue weighted by Gasteiger charge is 2.21. The van der Waals surface area contributed by atoms with Crippen molar-refractivity contribution in [2.75, 3.05) is 10.5 Å². The summed E-state index contributed by atoms with van der Waals surface area (Å²) in [5, 5.41) is 3.81. The molecule has 0 amide bonds. The molecule has 2 aromatic rings. The van der Waals surface area contributed by atoms with Gasteiger partial charge in [-0.2, -0.15) is 0 Å². The number of sulfonamides is 1. The number of hydrogen-bond donors (Lipinski definition) is 1. The van der Waals surface area contributed by atoms with E-state index in [1.807, 2.05) is 44.2 Å². The Kier molecular flexibility index (Phi) is 4.67. The second-order valence-electron chi connectivity index (χ2n) is 5.11. The van der Waals surface area contributed by atoms with Crippen molar-refractivity contribution in [3.63, 3.8) is 0 Å². The molecule has 0 unspecified atom stereocenters. The Bertz CT molecular complexity index is 693. The molecule has 0 spiro atoms. The zero-order chi connectivity index (χ0) is 15.5. The van der Waals surface area contributed by atoms with Crippen LogP contribution in [0.3, 0.4) is 0 Å². The summed E-state index contributed by atoms with van der Waals surface area (Å²) in [7, 11) is -3.46. The van der Waals surface area contributed by atoms with E-state index < -0.39 is 10.0 Å². The zero-order valence-corrected chi connectivity index (χ0v) is 13.3. The van der Waals surface area contributed by atoms with E-state index in [1.165, 1.54) is 0 Å². The number of aromatic nitrogens is 1. The molecule has 1 heterocycles. The van der Waals surface area contributed by atoms with Crippen molar-refractivity contribution in [2.24, 2.45) is 0 Å². The van der Waals surface area contributed by atoms with E-state index in [1.54, 1.807) is 6.92 Å². The van der Waals surface area contributed by atoms with Crippen molar-refractivity contribution in [1.82, 2.24) is 5.16 Å². The molecule has 21 heavy (non-hydrogen) atoms. The predicted octanol–water partition coefficient (Wildman–Crippen LogP) is 3.09. The SMILES string of the molecule is CCc1onc(C)c1NS(=O)(=O)C[C@H](C)c1ccccc1. The summed E-state index contributed by atoms with van der Waals surface area (Å²) in [6.45, 7) is 5.52. The fourth-order valence-electron chi connectivity index (χ4n) is 2.19. The second-order valence-corrected chi connectivity index (χ2v) is 6.88. The molecule has 0 fully saturated rings. The van der Waals surface area contributed by atoms with Crippen LogP contribution in [0.4, 0.5) is 5.69 Å². The average molecular weight is 308 g/mol. The number of benzene rings is 1. The lowest BCUT2D eigenvalue weighted by Gasteiger charge is -2.13. The second kappa shape index (κ2) is 6.30. The van der Waals surface area contributed by atoms with Gasteiger partial charge in [0.15, 0.2) is 5.76 Å². The first-order valence-electron chi connectivity index (χ1n) is 6.93. The molecule has 0 radical (unpaired) electrons. The lowest BCUT2D eigenvalue weighted by molar-refractivity contribution is 0.383. The number of rotatable bonds is 6. The highest BCUT2D eigenvalue weighted by atomic mass is 32.2. The van der Waals surface area contributed by atoms with E-state index in [-0.39, 0.29) is 11.7 Å². The van der Waals surface area contributed by atoms with E-state index >= 15 is 0 Å². The van der Waals surface area contributed by atoms with Gasteiger partial charge in [0.1, 0.15) is 11.4 Å². The van der Waals surface area contributed by atoms with Gasteiger partial charge in [0.2, 0.25) is 10.0 Å². The quantitative estimate of drug-likeness (QED) is 0.890. The van der Waals surface area contributed by atoms with Crippen molar-refractivity contribution >= 4 is 15.7 Å². The first-order chi connectivity index (χ1) is 9.93. The Labute approximate surface area is 125 Å². The van der Waals surface area contributed by atoms with Crippen LogP contribution in [0, 0.1) is 6.92 Å². The fourth-order valence-corrected chi connectivity index (χ4v) is 3.70. The molecule has 0 bridgehead atoms. The summed E-state index contributed by atoms with van der Waals surface area (Å²) in [6.07, 6.45) is 0.590. The molecule has 0 saturated heterocycles. The van der Waals surface area contributed by atoms with Crippen LogP contribution in [0.2, 0.25) is 0 Å². The van der Waals surface area contributed by atoms with E-state index in [2.05, 4.69) is 9.88 Å².